The van der Waals surface area contributed by atoms with Crippen molar-refractivity contribution in [3.8, 4) is 23.0 Å². The number of amides is 2. The van der Waals surface area contributed by atoms with Crippen molar-refractivity contribution in [2.45, 2.75) is 37.8 Å². The lowest BCUT2D eigenvalue weighted by molar-refractivity contribution is -0.384. The number of nitro benzene ring substituents is 1. The van der Waals surface area contributed by atoms with Gasteiger partial charge < -0.3 is 34.7 Å². The van der Waals surface area contributed by atoms with E-state index < -0.39 is 4.92 Å². The van der Waals surface area contributed by atoms with Crippen LogP contribution in [0.1, 0.15) is 46.8 Å². The van der Waals surface area contributed by atoms with E-state index in [1.165, 1.54) is 24.3 Å². The molecule has 6 aromatic rings. The van der Waals surface area contributed by atoms with Crippen molar-refractivity contribution >= 4 is 45.1 Å². The summed E-state index contributed by atoms with van der Waals surface area (Å²) in [4.78, 5) is 34.5. The van der Waals surface area contributed by atoms with Gasteiger partial charge in [0.2, 0.25) is 0 Å². The van der Waals surface area contributed by atoms with E-state index in [0.29, 0.717) is 51.7 Å². The van der Waals surface area contributed by atoms with E-state index in [-0.39, 0.29) is 29.3 Å². The molecule has 0 radical (unpaired) electrons. The van der Waals surface area contributed by atoms with Crippen LogP contribution in [0.5, 0.6) is 23.0 Å². The predicted molar refractivity (Wildman–Crippen MR) is 178 cm³/mol. The zero-order valence-electron chi connectivity index (χ0n) is 25.5. The highest BCUT2D eigenvalue weighted by Gasteiger charge is 2.27. The van der Waals surface area contributed by atoms with Gasteiger partial charge in [0.05, 0.1) is 4.92 Å². The number of anilines is 1. The molecule has 2 aromatic heterocycles. The molecule has 0 unspecified atom stereocenters. The monoisotopic (exact) mass is 646 g/mol. The van der Waals surface area contributed by atoms with Gasteiger partial charge in [0, 0.05) is 40.7 Å². The molecule has 2 amide bonds. The smallest absolute Gasteiger partial charge is 0.287 e. The van der Waals surface area contributed by atoms with Crippen LogP contribution in [-0.4, -0.2) is 28.8 Å². The van der Waals surface area contributed by atoms with Crippen molar-refractivity contribution < 1.29 is 32.8 Å². The Morgan fingerprint density at radius 2 is 1.12 bits per heavy atom. The fourth-order valence-electron chi connectivity index (χ4n) is 4.85. The number of hydrogen-bond acceptors (Lipinski definition) is 9. The number of non-ortho nitro benzene ring substituents is 1. The molecular formula is C36H30N4O8. The number of ether oxygens (including phenoxy) is 2. The molecule has 0 bridgehead atoms. The van der Waals surface area contributed by atoms with E-state index in [9.17, 15) is 19.7 Å². The minimum Gasteiger partial charge on any atom is -0.453 e. The first-order chi connectivity index (χ1) is 23.3. The van der Waals surface area contributed by atoms with Crippen molar-refractivity contribution in [3.05, 3.63) is 119 Å². The molecule has 2 saturated carbocycles. The number of carbonyl (C=O) groups is 2. The standard InChI is InChI=1S/C18H14N2O5.C18H16N2O3/c21-18(19-12-4-5-12)16-10-11-2-1-3-15(17(11)25-16)24-14-8-6-13(7-9-14)20(22)23;19-12-4-8-14(9-5-12)22-15-3-1-2-11-10-16(23-17(11)15)18(21)20-13-6-7-13/h1-3,6-10,12H,4-5H2,(H,19,21);1-5,8-10,13H,6-7,19H2,(H,20,21). The van der Waals surface area contributed by atoms with Crippen LogP contribution in [0.4, 0.5) is 11.4 Å². The van der Waals surface area contributed by atoms with Crippen LogP contribution in [0.25, 0.3) is 21.9 Å². The Bertz CT molecular complexity index is 2130. The minimum atomic E-state index is -0.470. The normalized spacial score (nSPS) is 13.8. The van der Waals surface area contributed by atoms with Crippen LogP contribution in [0, 0.1) is 10.1 Å². The summed E-state index contributed by atoms with van der Waals surface area (Å²) in [7, 11) is 0. The van der Waals surface area contributed by atoms with Crippen molar-refractivity contribution in [1.82, 2.24) is 10.6 Å². The van der Waals surface area contributed by atoms with E-state index >= 15 is 0 Å². The second-order valence-corrected chi connectivity index (χ2v) is 11.6. The maximum atomic E-state index is 12.1. The van der Waals surface area contributed by atoms with E-state index in [4.69, 9.17) is 24.0 Å². The van der Waals surface area contributed by atoms with Crippen molar-refractivity contribution in [3.63, 3.8) is 0 Å². The first-order valence-electron chi connectivity index (χ1n) is 15.4. The van der Waals surface area contributed by atoms with Gasteiger partial charge in [-0.3, -0.25) is 19.7 Å². The maximum Gasteiger partial charge on any atom is 0.287 e. The highest BCUT2D eigenvalue weighted by Crippen LogP contribution is 2.34. The first-order valence-corrected chi connectivity index (χ1v) is 15.4. The Balaban J connectivity index is 0.000000152. The quantitative estimate of drug-likeness (QED) is 0.0807. The number of carbonyl (C=O) groups excluding carboxylic acids is 2. The third-order valence-electron chi connectivity index (χ3n) is 7.67. The summed E-state index contributed by atoms with van der Waals surface area (Å²) >= 11 is 0. The molecule has 48 heavy (non-hydrogen) atoms. The van der Waals surface area contributed by atoms with Gasteiger partial charge in [-0.15, -0.1) is 0 Å². The fourth-order valence-corrected chi connectivity index (χ4v) is 4.85. The van der Waals surface area contributed by atoms with Crippen LogP contribution in [0.3, 0.4) is 0 Å². The number of para-hydroxylation sites is 2. The number of nitrogens with one attached hydrogen (secondary N) is 2. The molecule has 0 saturated heterocycles. The van der Waals surface area contributed by atoms with Gasteiger partial charge >= 0.3 is 0 Å². The lowest BCUT2D eigenvalue weighted by Crippen LogP contribution is -2.24. The average molecular weight is 647 g/mol. The molecule has 2 fully saturated rings. The van der Waals surface area contributed by atoms with Gasteiger partial charge in [0.1, 0.15) is 11.5 Å². The van der Waals surface area contributed by atoms with Gasteiger partial charge in [-0.25, -0.2) is 0 Å². The van der Waals surface area contributed by atoms with Crippen molar-refractivity contribution in [1.29, 1.82) is 0 Å². The number of nitrogens with two attached hydrogens (primary N) is 1. The molecule has 4 aromatic carbocycles. The summed E-state index contributed by atoms with van der Waals surface area (Å²) in [6.07, 6.45) is 4.08. The second-order valence-electron chi connectivity index (χ2n) is 11.6. The van der Waals surface area contributed by atoms with E-state index in [1.54, 1.807) is 48.5 Å². The molecule has 12 nitrogen and oxygen atoms in total. The van der Waals surface area contributed by atoms with Crippen LogP contribution in [-0.2, 0) is 0 Å². The number of nitrogens with zero attached hydrogens (tertiary/aromatic N) is 1. The molecule has 8 rings (SSSR count). The molecule has 0 atom stereocenters. The number of fused-ring (bicyclic) bond motifs is 2. The molecule has 12 heteroatoms. The highest BCUT2D eigenvalue weighted by atomic mass is 16.6. The Morgan fingerprint density at radius 1 is 0.688 bits per heavy atom. The van der Waals surface area contributed by atoms with Crippen molar-refractivity contribution in [2.24, 2.45) is 0 Å². The molecular weight excluding hydrogens is 616 g/mol. The van der Waals surface area contributed by atoms with Gasteiger partial charge in [-0.1, -0.05) is 24.3 Å². The zero-order chi connectivity index (χ0) is 33.2. The maximum absolute atomic E-state index is 12.1. The topological polar surface area (TPSA) is 172 Å². The third-order valence-corrected chi connectivity index (χ3v) is 7.67. The summed E-state index contributed by atoms with van der Waals surface area (Å²) < 4.78 is 23.0. The zero-order valence-corrected chi connectivity index (χ0v) is 25.5. The Labute approximate surface area is 273 Å². The van der Waals surface area contributed by atoms with E-state index in [1.807, 2.05) is 24.3 Å². The van der Waals surface area contributed by atoms with Gasteiger partial charge in [0.15, 0.2) is 34.2 Å². The van der Waals surface area contributed by atoms with Crippen LogP contribution < -0.4 is 25.8 Å². The van der Waals surface area contributed by atoms with Gasteiger partial charge in [-0.2, -0.15) is 0 Å². The molecule has 2 heterocycles. The van der Waals surface area contributed by atoms with Crippen molar-refractivity contribution in [2.75, 3.05) is 5.73 Å². The average Bonchev–Trinajstić information content (AvgIpc) is 3.99. The number of nitrogen functional groups attached to an aromatic ring is 1. The molecule has 2 aliphatic rings. The SMILES string of the molecule is Nc1ccc(Oc2cccc3cc(C(=O)NC4CC4)oc23)cc1.O=C(NC1CC1)c1cc2cccc(Oc3ccc([N+](=O)[O-])cc3)c2o1. The summed E-state index contributed by atoms with van der Waals surface area (Å²) in [6.45, 7) is 0. The predicted octanol–water partition coefficient (Wildman–Crippen LogP) is 7.73. The molecule has 4 N–H and O–H groups in total. The summed E-state index contributed by atoms with van der Waals surface area (Å²) in [6, 6.07) is 27.7. The third kappa shape index (κ3) is 7.07. The number of rotatable bonds is 9. The molecule has 0 aliphatic heterocycles. The Kier molecular flexibility index (Phi) is 8.12. The number of hydrogen-bond donors (Lipinski definition) is 3. The second kappa shape index (κ2) is 12.8. The number of benzene rings is 4. The molecule has 242 valence electrons. The van der Waals surface area contributed by atoms with Gasteiger partial charge in [0.25, 0.3) is 17.5 Å². The lowest BCUT2D eigenvalue weighted by Gasteiger charge is -2.06. The largest absolute Gasteiger partial charge is 0.453 e. The number of furan rings is 2. The summed E-state index contributed by atoms with van der Waals surface area (Å²) in [5, 5.41) is 18.1. The van der Waals surface area contributed by atoms with Crippen LogP contribution in [0.15, 0.2) is 106 Å². The molecule has 0 spiro atoms. The highest BCUT2D eigenvalue weighted by molar-refractivity contribution is 5.98. The van der Waals surface area contributed by atoms with E-state index in [0.717, 1.165) is 36.5 Å². The number of nitro groups is 1. The Morgan fingerprint density at radius 3 is 1.54 bits per heavy atom. The Hall–Kier alpha value is -6.30. The summed E-state index contributed by atoms with van der Waals surface area (Å²) in [5.41, 5.74) is 7.36. The fraction of sp³-hybridized carbons (Fsp3) is 0.167. The molecule has 2 aliphatic carbocycles. The van der Waals surface area contributed by atoms with E-state index in [2.05, 4.69) is 10.6 Å². The van der Waals surface area contributed by atoms with Gasteiger partial charge in [-0.05, 0) is 86.3 Å². The summed E-state index contributed by atoms with van der Waals surface area (Å²) in [5.74, 6) is 2.24. The van der Waals surface area contributed by atoms with Crippen LogP contribution in [0.2, 0.25) is 0 Å². The van der Waals surface area contributed by atoms with Crippen LogP contribution >= 0.6 is 0 Å². The lowest BCUT2D eigenvalue weighted by atomic mass is 10.2. The first kappa shape index (κ1) is 30.4. The minimum absolute atomic E-state index is 0.0115.